The summed E-state index contributed by atoms with van der Waals surface area (Å²) in [6.45, 7) is 14.1. The number of ketones is 2. The van der Waals surface area contributed by atoms with Gasteiger partial charge in [0.15, 0.2) is 5.78 Å². The quantitative estimate of drug-likeness (QED) is 0.0558. The number of carbonyl (C=O) groups is 5. The number of Topliss-reactive ketones (excluding diaryl/α,β-unsaturated/α-hetero) is 2. The van der Waals surface area contributed by atoms with Crippen LogP contribution in [-0.2, 0) is 39.5 Å². The van der Waals surface area contributed by atoms with Crippen LogP contribution in [0.4, 0.5) is 4.79 Å². The van der Waals surface area contributed by atoms with Crippen molar-refractivity contribution >= 4 is 71.4 Å². The van der Waals surface area contributed by atoms with Gasteiger partial charge in [0.1, 0.15) is 24.0 Å². The number of rotatable bonds is 20. The molecule has 0 aromatic heterocycles. The van der Waals surface area contributed by atoms with E-state index in [-0.39, 0.29) is 93.3 Å². The number of amides is 2. The summed E-state index contributed by atoms with van der Waals surface area (Å²) < 4.78 is 18.9. The summed E-state index contributed by atoms with van der Waals surface area (Å²) in [6.07, 6.45) is -0.285. The molecule has 0 bridgehead atoms. The van der Waals surface area contributed by atoms with Crippen molar-refractivity contribution in [3.8, 4) is 11.1 Å². The van der Waals surface area contributed by atoms with Crippen molar-refractivity contribution in [1.82, 2.24) is 9.80 Å². The van der Waals surface area contributed by atoms with Crippen LogP contribution in [0.5, 0.6) is 0 Å². The van der Waals surface area contributed by atoms with Crippen LogP contribution >= 0.6 is 23.2 Å². The van der Waals surface area contributed by atoms with Crippen LogP contribution in [0.3, 0.4) is 0 Å². The van der Waals surface area contributed by atoms with E-state index in [1.807, 2.05) is 67.6 Å². The van der Waals surface area contributed by atoms with Crippen LogP contribution in [0, 0.1) is 5.92 Å². The fraction of sp³-hybridized carbons (Fsp3) is 0.407. The van der Waals surface area contributed by atoms with Crippen molar-refractivity contribution in [1.29, 1.82) is 0 Å². The molecule has 1 aliphatic heterocycles. The number of nitrogens with zero attached hydrogens (tertiary/aromatic N) is 2. The second-order valence-corrected chi connectivity index (χ2v) is 26.4. The van der Waals surface area contributed by atoms with Gasteiger partial charge in [0.25, 0.3) is 8.32 Å². The molecule has 1 fully saturated rings. The Hall–Kier alpha value is -5.59. The minimum absolute atomic E-state index is 0.00182. The Morgan fingerprint density at radius 1 is 0.722 bits per heavy atom. The maximum atomic E-state index is 15.4. The van der Waals surface area contributed by atoms with E-state index in [2.05, 4.69) is 69.3 Å². The van der Waals surface area contributed by atoms with Crippen molar-refractivity contribution in [2.75, 3.05) is 26.3 Å². The van der Waals surface area contributed by atoms with Gasteiger partial charge in [-0.25, -0.2) is 4.79 Å². The lowest BCUT2D eigenvalue weighted by Gasteiger charge is -2.43. The maximum Gasteiger partial charge on any atom is 0.410 e. The molecule has 7 rings (SSSR count). The average Bonchev–Trinajstić information content (AvgIpc) is 3.90. The van der Waals surface area contributed by atoms with Gasteiger partial charge < -0.3 is 18.8 Å². The predicted molar refractivity (Wildman–Crippen MR) is 288 cm³/mol. The second kappa shape index (κ2) is 23.5. The Labute approximate surface area is 436 Å². The van der Waals surface area contributed by atoms with Crippen LogP contribution in [0.2, 0.25) is 15.1 Å². The van der Waals surface area contributed by atoms with E-state index in [1.165, 1.54) is 9.80 Å². The van der Waals surface area contributed by atoms with Crippen molar-refractivity contribution in [3.05, 3.63) is 154 Å². The topological polar surface area (TPSA) is 120 Å². The van der Waals surface area contributed by atoms with E-state index in [1.54, 1.807) is 39.0 Å². The molecule has 2 aliphatic rings. The molecular formula is C59H68Cl2N2O8Si. The molecule has 0 saturated carbocycles. The summed E-state index contributed by atoms with van der Waals surface area (Å²) in [5.74, 6) is -1.74. The number of carbonyl (C=O) groups excluding carboxylic acids is 5. The van der Waals surface area contributed by atoms with Crippen LogP contribution < -0.4 is 10.4 Å². The summed E-state index contributed by atoms with van der Waals surface area (Å²) in [4.78, 5) is 74.9. The highest BCUT2D eigenvalue weighted by atomic mass is 35.5. The van der Waals surface area contributed by atoms with Crippen molar-refractivity contribution in [2.24, 2.45) is 5.92 Å². The van der Waals surface area contributed by atoms with Crippen LogP contribution in [0.25, 0.3) is 11.1 Å². The fourth-order valence-electron chi connectivity index (χ4n) is 10.5. The number of esters is 1. The molecule has 13 heteroatoms. The first-order valence-corrected chi connectivity index (χ1v) is 27.8. The number of benzene rings is 5. The lowest BCUT2D eigenvalue weighted by Crippen LogP contribution is -2.66. The van der Waals surface area contributed by atoms with E-state index in [0.29, 0.717) is 16.5 Å². The molecule has 5 aromatic carbocycles. The van der Waals surface area contributed by atoms with Gasteiger partial charge >= 0.3 is 12.1 Å². The molecule has 380 valence electrons. The second-order valence-electron chi connectivity index (χ2n) is 21.3. The van der Waals surface area contributed by atoms with E-state index < -0.39 is 44.0 Å². The van der Waals surface area contributed by atoms with E-state index in [4.69, 9.17) is 37.1 Å². The van der Waals surface area contributed by atoms with Gasteiger partial charge in [-0.15, -0.1) is 0 Å². The maximum absolute atomic E-state index is 15.4. The van der Waals surface area contributed by atoms with Gasteiger partial charge in [-0.05, 0) is 101 Å². The molecule has 1 saturated heterocycles. The molecule has 3 atom stereocenters. The predicted octanol–water partition coefficient (Wildman–Crippen LogP) is 11.4. The number of aryl methyl sites for hydroxylation is 1. The van der Waals surface area contributed by atoms with Gasteiger partial charge in [-0.3, -0.25) is 24.1 Å². The Balaban J connectivity index is 1.15. The first-order valence-electron chi connectivity index (χ1n) is 25.1. The number of ether oxygens (including phenoxy) is 2. The first-order chi connectivity index (χ1) is 34.3. The molecule has 10 nitrogen and oxygen atoms in total. The van der Waals surface area contributed by atoms with Gasteiger partial charge in [0.2, 0.25) is 5.91 Å². The van der Waals surface area contributed by atoms with Gasteiger partial charge in [-0.2, -0.15) is 0 Å². The Kier molecular flexibility index (Phi) is 17.7. The Morgan fingerprint density at radius 3 is 1.88 bits per heavy atom. The number of hydrogen-bond acceptors (Lipinski definition) is 8. The van der Waals surface area contributed by atoms with E-state index in [9.17, 15) is 19.2 Å². The third-order valence-electron chi connectivity index (χ3n) is 13.8. The number of fused-ring (bicyclic) bond motifs is 3. The zero-order chi connectivity index (χ0) is 51.8. The highest BCUT2D eigenvalue weighted by Gasteiger charge is 2.50. The fourth-order valence-corrected chi connectivity index (χ4v) is 15.4. The third-order valence-corrected chi connectivity index (χ3v) is 19.6. The van der Waals surface area contributed by atoms with Crippen LogP contribution in [0.1, 0.15) is 110 Å². The molecule has 0 N–H and O–H groups in total. The minimum atomic E-state index is -2.96. The van der Waals surface area contributed by atoms with Crippen molar-refractivity contribution in [3.63, 3.8) is 0 Å². The Bertz CT molecular complexity index is 2640. The summed E-state index contributed by atoms with van der Waals surface area (Å²) in [5.41, 5.74) is 4.30. The minimum Gasteiger partial charge on any atom is -0.460 e. The summed E-state index contributed by atoms with van der Waals surface area (Å²) >= 11 is 12.6. The molecule has 1 heterocycles. The SMILES string of the molecule is C[C@@H]1C[C@@H](C(=O)N(CCC(=O)CCO[Si](c2ccccc2)(c2ccccc2)C(C)(C)C)[C@H](CCC(=O)OC(C)(C)C)C(=O)CCc2ccc(Cl)c(Cl)c2)N(C(=O)OCC2c3ccccc3-c3ccccc32)C1. The van der Waals surface area contributed by atoms with Crippen molar-refractivity contribution < 1.29 is 37.9 Å². The first kappa shape index (κ1) is 54.2. The summed E-state index contributed by atoms with van der Waals surface area (Å²) in [5, 5.41) is 2.60. The molecule has 0 unspecified atom stereocenters. The van der Waals surface area contributed by atoms with E-state index >= 15 is 4.79 Å². The van der Waals surface area contributed by atoms with Crippen LogP contribution in [-0.4, -0.2) is 91.6 Å². The monoisotopic (exact) mass is 1030 g/mol. The highest BCUT2D eigenvalue weighted by Crippen LogP contribution is 2.45. The summed E-state index contributed by atoms with van der Waals surface area (Å²) in [6, 6.07) is 39.6. The number of likely N-dealkylation sites (tertiary alicyclic amines) is 1. The number of hydrogen-bond donors (Lipinski definition) is 0. The lowest BCUT2D eigenvalue weighted by molar-refractivity contribution is -0.156. The number of halogens is 2. The van der Waals surface area contributed by atoms with Crippen LogP contribution in [0.15, 0.2) is 127 Å². The zero-order valence-electron chi connectivity index (χ0n) is 42.6. The zero-order valence-corrected chi connectivity index (χ0v) is 45.1. The molecule has 5 aromatic rings. The standard InChI is InChI=1S/C59H68Cl2N2O8Si/c1-40-36-53(63(38-40)57(68)69-39-49-47-24-16-14-22-45(47)46-23-15-17-25-48(46)49)56(67)62(52(29-31-55(66)71-58(2,3)4)54(65)30-27-41-26-28-50(60)51(61)37-41)34-32-42(64)33-35-70-72(59(5,6)7,43-18-10-8-11-19-43)44-20-12-9-13-21-44/h8-26,28,37,40,49,52-53H,27,29-36,38-39H2,1-7H3/t40-,52-,53+/m1/s1. The molecular weight excluding hydrogens is 964 g/mol. The molecule has 0 spiro atoms. The largest absolute Gasteiger partial charge is 0.460 e. The van der Waals surface area contributed by atoms with Gasteiger partial charge in [0, 0.05) is 51.3 Å². The average molecular weight is 1030 g/mol. The normalized spacial score (nSPS) is 16.2. The van der Waals surface area contributed by atoms with E-state index in [0.717, 1.165) is 38.2 Å². The Morgan fingerprint density at radius 2 is 1.31 bits per heavy atom. The van der Waals surface area contributed by atoms with Gasteiger partial charge in [0.05, 0.1) is 16.1 Å². The van der Waals surface area contributed by atoms with Gasteiger partial charge in [-0.1, -0.05) is 166 Å². The van der Waals surface area contributed by atoms with Crippen molar-refractivity contribution in [2.45, 2.75) is 122 Å². The molecule has 2 amide bonds. The smallest absolute Gasteiger partial charge is 0.410 e. The molecule has 0 radical (unpaired) electrons. The summed E-state index contributed by atoms with van der Waals surface area (Å²) in [7, 11) is -2.96. The molecule has 1 aliphatic carbocycles. The highest BCUT2D eigenvalue weighted by molar-refractivity contribution is 6.99. The lowest BCUT2D eigenvalue weighted by atomic mass is 9.96. The third kappa shape index (κ3) is 12.8. The molecule has 72 heavy (non-hydrogen) atoms.